The highest BCUT2D eigenvalue weighted by molar-refractivity contribution is 6.35. The third-order valence-corrected chi connectivity index (χ3v) is 8.38. The molecule has 2 aromatic rings. The third kappa shape index (κ3) is 9.12. The van der Waals surface area contributed by atoms with E-state index in [9.17, 15) is 28.0 Å². The average molecular weight is 648 g/mol. The SMILES string of the molecule is NC(=O)CN(CCc1ccc(Cl)cc1Cl)C(=O)C1CC(=O)N(CCc2ccc(F)cc2)CC(=O)N1CCC1=CC=C(F)CC1. The number of primary amides is 1. The van der Waals surface area contributed by atoms with Crippen LogP contribution in [0.25, 0.3) is 0 Å². The Hall–Kier alpha value is -3.76. The molecule has 1 atom stereocenters. The van der Waals surface area contributed by atoms with Gasteiger partial charge in [0.05, 0.1) is 19.5 Å². The number of amides is 4. The van der Waals surface area contributed by atoms with Crippen molar-refractivity contribution in [3.05, 3.63) is 93.0 Å². The fraction of sp³-hybridized carbons (Fsp3) is 0.375. The number of nitrogens with zero attached hydrogens (tertiary/aromatic N) is 3. The van der Waals surface area contributed by atoms with Crippen molar-refractivity contribution in [3.63, 3.8) is 0 Å². The smallest absolute Gasteiger partial charge is 0.246 e. The third-order valence-electron chi connectivity index (χ3n) is 7.80. The lowest BCUT2D eigenvalue weighted by molar-refractivity contribution is -0.146. The molecule has 1 unspecified atom stereocenters. The van der Waals surface area contributed by atoms with Crippen molar-refractivity contribution in [1.29, 1.82) is 0 Å². The quantitative estimate of drug-likeness (QED) is 0.363. The first kappa shape index (κ1) is 33.1. The highest BCUT2D eigenvalue weighted by Crippen LogP contribution is 2.25. The maximum absolute atomic E-state index is 14.1. The zero-order valence-electron chi connectivity index (χ0n) is 24.1. The predicted octanol–water partition coefficient (Wildman–Crippen LogP) is 4.62. The van der Waals surface area contributed by atoms with Crippen LogP contribution in [0.4, 0.5) is 8.78 Å². The van der Waals surface area contributed by atoms with Gasteiger partial charge in [0.1, 0.15) is 17.7 Å². The molecular weight excluding hydrogens is 613 g/mol. The molecule has 0 bridgehead atoms. The molecule has 0 aromatic heterocycles. The number of halogens is 4. The van der Waals surface area contributed by atoms with E-state index in [1.54, 1.807) is 36.4 Å². The van der Waals surface area contributed by atoms with Gasteiger partial charge in [0.2, 0.25) is 23.6 Å². The van der Waals surface area contributed by atoms with E-state index in [1.165, 1.54) is 32.9 Å². The maximum Gasteiger partial charge on any atom is 0.246 e. The van der Waals surface area contributed by atoms with Crippen LogP contribution in [-0.2, 0) is 32.0 Å². The molecule has 2 aromatic carbocycles. The Morgan fingerprint density at radius 2 is 1.68 bits per heavy atom. The van der Waals surface area contributed by atoms with Crippen LogP contribution in [0.1, 0.15) is 36.8 Å². The van der Waals surface area contributed by atoms with Crippen LogP contribution in [0.5, 0.6) is 0 Å². The predicted molar refractivity (Wildman–Crippen MR) is 164 cm³/mol. The summed E-state index contributed by atoms with van der Waals surface area (Å²) in [5, 5.41) is 0.846. The van der Waals surface area contributed by atoms with Crippen LogP contribution in [-0.4, -0.2) is 77.1 Å². The van der Waals surface area contributed by atoms with E-state index in [0.717, 1.165) is 11.1 Å². The molecule has 8 nitrogen and oxygen atoms in total. The molecule has 234 valence electrons. The first-order valence-corrected chi connectivity index (χ1v) is 15.1. The molecule has 2 N–H and O–H groups in total. The van der Waals surface area contributed by atoms with Crippen LogP contribution in [0, 0.1) is 5.82 Å². The number of nitrogens with two attached hydrogens (primary N) is 1. The molecular formula is C32H34Cl2F2N4O4. The van der Waals surface area contributed by atoms with Crippen LogP contribution >= 0.6 is 23.2 Å². The largest absolute Gasteiger partial charge is 0.368 e. The fourth-order valence-corrected chi connectivity index (χ4v) is 5.82. The summed E-state index contributed by atoms with van der Waals surface area (Å²) in [6.07, 6.45) is 4.57. The van der Waals surface area contributed by atoms with Gasteiger partial charge >= 0.3 is 0 Å². The standard InChI is InChI=1S/C32H34Cl2F2N4O4/c33-24-6-5-23(27(34)17-24)13-15-39(19-29(37)41)32(44)28-18-30(42)38(14-11-21-1-7-25(35)8-2-21)20-31(43)40(28)16-12-22-3-9-26(36)10-4-22/h1-3,5-9,17,28H,4,10-16,18-20H2,(H2,37,41). The first-order chi connectivity index (χ1) is 21.0. The highest BCUT2D eigenvalue weighted by Gasteiger charge is 2.39. The van der Waals surface area contributed by atoms with E-state index < -0.39 is 36.2 Å². The molecule has 44 heavy (non-hydrogen) atoms. The average Bonchev–Trinajstić information content (AvgIpc) is 3.10. The number of allylic oxidation sites excluding steroid dienone is 3. The number of hydrogen-bond donors (Lipinski definition) is 1. The molecule has 1 saturated heterocycles. The zero-order chi connectivity index (χ0) is 31.8. The summed E-state index contributed by atoms with van der Waals surface area (Å²) in [6.45, 7) is -0.281. The van der Waals surface area contributed by atoms with Crippen molar-refractivity contribution in [2.24, 2.45) is 5.73 Å². The van der Waals surface area contributed by atoms with Gasteiger partial charge in [0, 0.05) is 36.1 Å². The summed E-state index contributed by atoms with van der Waals surface area (Å²) in [5.41, 5.74) is 7.90. The summed E-state index contributed by atoms with van der Waals surface area (Å²) < 4.78 is 26.9. The minimum atomic E-state index is -1.18. The van der Waals surface area contributed by atoms with Crippen LogP contribution in [0.15, 0.2) is 66.0 Å². The van der Waals surface area contributed by atoms with E-state index in [0.29, 0.717) is 34.9 Å². The number of hydrogen-bond acceptors (Lipinski definition) is 4. The molecule has 4 amide bonds. The van der Waals surface area contributed by atoms with E-state index in [1.807, 2.05) is 0 Å². The van der Waals surface area contributed by atoms with E-state index in [-0.39, 0.29) is 57.1 Å². The number of rotatable bonds is 12. The minimum absolute atomic E-state index is 0.0549. The molecule has 2 aliphatic rings. The van der Waals surface area contributed by atoms with Gasteiger partial charge in [-0.1, -0.05) is 53.1 Å². The van der Waals surface area contributed by atoms with Crippen molar-refractivity contribution < 1.29 is 28.0 Å². The summed E-state index contributed by atoms with van der Waals surface area (Å²) in [6, 6.07) is 9.65. The Morgan fingerprint density at radius 1 is 0.932 bits per heavy atom. The number of benzene rings is 2. The molecule has 12 heteroatoms. The van der Waals surface area contributed by atoms with Crippen molar-refractivity contribution in [2.45, 2.75) is 44.6 Å². The van der Waals surface area contributed by atoms with Crippen molar-refractivity contribution in [2.75, 3.05) is 32.7 Å². The Morgan fingerprint density at radius 3 is 2.34 bits per heavy atom. The van der Waals surface area contributed by atoms with Gasteiger partial charge in [-0.2, -0.15) is 0 Å². The Kier molecular flexibility index (Phi) is 11.5. The number of carbonyl (C=O) groups excluding carboxylic acids is 4. The van der Waals surface area contributed by atoms with E-state index in [2.05, 4.69) is 0 Å². The number of carbonyl (C=O) groups is 4. The lowest BCUT2D eigenvalue weighted by atomic mass is 10.0. The molecule has 1 aliphatic carbocycles. The molecule has 0 spiro atoms. The lowest BCUT2D eigenvalue weighted by Gasteiger charge is -2.33. The van der Waals surface area contributed by atoms with Crippen molar-refractivity contribution >= 4 is 46.8 Å². The maximum atomic E-state index is 14.1. The van der Waals surface area contributed by atoms with Gasteiger partial charge in [0.15, 0.2) is 0 Å². The normalized spacial score (nSPS) is 17.2. The summed E-state index contributed by atoms with van der Waals surface area (Å²) >= 11 is 12.3. The summed E-state index contributed by atoms with van der Waals surface area (Å²) in [7, 11) is 0. The van der Waals surface area contributed by atoms with Gasteiger partial charge in [-0.25, -0.2) is 8.78 Å². The van der Waals surface area contributed by atoms with Gasteiger partial charge < -0.3 is 20.4 Å². The lowest BCUT2D eigenvalue weighted by Crippen LogP contribution is -2.53. The molecule has 0 radical (unpaired) electrons. The van der Waals surface area contributed by atoms with Crippen LogP contribution in [0.2, 0.25) is 10.0 Å². The van der Waals surface area contributed by atoms with E-state index >= 15 is 0 Å². The Balaban J connectivity index is 1.56. The molecule has 4 rings (SSSR count). The van der Waals surface area contributed by atoms with Gasteiger partial charge in [-0.05, 0) is 67.2 Å². The van der Waals surface area contributed by atoms with Gasteiger partial charge in [-0.15, -0.1) is 0 Å². The van der Waals surface area contributed by atoms with Crippen molar-refractivity contribution in [1.82, 2.24) is 14.7 Å². The fourth-order valence-electron chi connectivity index (χ4n) is 5.31. The van der Waals surface area contributed by atoms with Crippen molar-refractivity contribution in [3.8, 4) is 0 Å². The van der Waals surface area contributed by atoms with Gasteiger partial charge in [-0.3, -0.25) is 19.2 Å². The molecule has 0 saturated carbocycles. The van der Waals surface area contributed by atoms with Crippen LogP contribution < -0.4 is 5.73 Å². The summed E-state index contributed by atoms with van der Waals surface area (Å²) in [4.78, 5) is 57.2. The zero-order valence-corrected chi connectivity index (χ0v) is 25.6. The second kappa shape index (κ2) is 15.3. The monoisotopic (exact) mass is 646 g/mol. The first-order valence-electron chi connectivity index (χ1n) is 14.4. The second-order valence-corrected chi connectivity index (χ2v) is 11.7. The van der Waals surface area contributed by atoms with Gasteiger partial charge in [0.25, 0.3) is 0 Å². The van der Waals surface area contributed by atoms with Crippen LogP contribution in [0.3, 0.4) is 0 Å². The molecule has 1 fully saturated rings. The molecule has 1 heterocycles. The Labute approximate surface area is 265 Å². The Bertz CT molecular complexity index is 1460. The minimum Gasteiger partial charge on any atom is -0.368 e. The second-order valence-electron chi connectivity index (χ2n) is 10.9. The topological polar surface area (TPSA) is 104 Å². The van der Waals surface area contributed by atoms with E-state index in [4.69, 9.17) is 28.9 Å². The highest BCUT2D eigenvalue weighted by atomic mass is 35.5. The summed E-state index contributed by atoms with van der Waals surface area (Å²) in [5.74, 6) is -2.76. The molecule has 1 aliphatic heterocycles.